The molecule has 0 unspecified atom stereocenters. The van der Waals surface area contributed by atoms with Crippen molar-refractivity contribution in [2.24, 2.45) is 0 Å². The molecule has 2 heterocycles. The number of ether oxygens (including phenoxy) is 1. The molecule has 1 aliphatic rings. The predicted molar refractivity (Wildman–Crippen MR) is 72.9 cm³/mol. The van der Waals surface area contributed by atoms with Gasteiger partial charge >= 0.3 is 0 Å². The average molecular weight is 254 g/mol. The van der Waals surface area contributed by atoms with Crippen molar-refractivity contribution in [3.63, 3.8) is 0 Å². The van der Waals surface area contributed by atoms with Gasteiger partial charge in [-0.1, -0.05) is 6.08 Å². The largest absolute Gasteiger partial charge is 0.499 e. The number of rotatable bonds is 3. The number of hydrogen-bond acceptors (Lipinski definition) is 5. The number of nitrogens with one attached hydrogen (secondary N) is 1. The molecular weight excluding hydrogens is 240 g/mol. The first-order chi connectivity index (χ1) is 9.36. The second-order valence-electron chi connectivity index (χ2n) is 4.22. The van der Waals surface area contributed by atoms with E-state index in [1.165, 1.54) is 0 Å². The van der Waals surface area contributed by atoms with Crippen LogP contribution in [0.1, 0.15) is 12.8 Å². The maximum atomic E-state index is 5.40. The third-order valence-corrected chi connectivity index (χ3v) is 2.99. The van der Waals surface area contributed by atoms with E-state index in [9.17, 15) is 0 Å². The van der Waals surface area contributed by atoms with Gasteiger partial charge in [0, 0.05) is 18.8 Å². The van der Waals surface area contributed by atoms with Gasteiger partial charge in [-0.3, -0.25) is 4.98 Å². The van der Waals surface area contributed by atoms with Crippen molar-refractivity contribution in [3.8, 4) is 0 Å². The SMILES string of the molecule is COC1=c2nc(Nc3cnccn3)ccc2=CCC1. The van der Waals surface area contributed by atoms with E-state index >= 15 is 0 Å². The molecule has 0 saturated heterocycles. The minimum Gasteiger partial charge on any atom is -0.499 e. The van der Waals surface area contributed by atoms with E-state index in [-0.39, 0.29) is 0 Å². The van der Waals surface area contributed by atoms with Gasteiger partial charge in [-0.2, -0.15) is 0 Å². The van der Waals surface area contributed by atoms with Crippen LogP contribution in [0.15, 0.2) is 30.7 Å². The summed E-state index contributed by atoms with van der Waals surface area (Å²) >= 11 is 0. The molecule has 1 N–H and O–H groups in total. The quantitative estimate of drug-likeness (QED) is 0.883. The first-order valence-electron chi connectivity index (χ1n) is 6.14. The zero-order valence-corrected chi connectivity index (χ0v) is 10.6. The normalized spacial score (nSPS) is 13.4. The molecule has 0 amide bonds. The highest BCUT2D eigenvalue weighted by Gasteiger charge is 2.07. The van der Waals surface area contributed by atoms with Gasteiger partial charge in [-0.25, -0.2) is 9.97 Å². The van der Waals surface area contributed by atoms with E-state index in [0.29, 0.717) is 5.82 Å². The monoisotopic (exact) mass is 254 g/mol. The standard InChI is InChI=1S/C14H14N4O/c1-19-11-4-2-3-10-5-6-12(18-14(10)11)17-13-9-15-7-8-16-13/h3,5-9H,2,4H2,1H3,(H,16,17,18). The minimum absolute atomic E-state index is 0.675. The summed E-state index contributed by atoms with van der Waals surface area (Å²) in [5, 5.41) is 5.15. The Morgan fingerprint density at radius 2 is 2.16 bits per heavy atom. The zero-order valence-electron chi connectivity index (χ0n) is 10.6. The van der Waals surface area contributed by atoms with Gasteiger partial charge in [0.1, 0.15) is 22.7 Å². The summed E-state index contributed by atoms with van der Waals surface area (Å²) in [6.07, 6.45) is 9.00. The fourth-order valence-electron chi connectivity index (χ4n) is 2.10. The van der Waals surface area contributed by atoms with Crippen LogP contribution in [0.3, 0.4) is 0 Å². The van der Waals surface area contributed by atoms with Crippen LogP contribution in [-0.2, 0) is 4.74 Å². The lowest BCUT2D eigenvalue weighted by atomic mass is 10.1. The molecule has 1 aliphatic carbocycles. The summed E-state index contributed by atoms with van der Waals surface area (Å²) in [7, 11) is 1.69. The molecule has 2 aromatic heterocycles. The maximum Gasteiger partial charge on any atom is 0.150 e. The Labute approximate surface area is 110 Å². The third-order valence-electron chi connectivity index (χ3n) is 2.99. The van der Waals surface area contributed by atoms with E-state index in [1.54, 1.807) is 25.7 Å². The topological polar surface area (TPSA) is 59.9 Å². The van der Waals surface area contributed by atoms with Crippen molar-refractivity contribution in [2.45, 2.75) is 12.8 Å². The molecule has 0 aliphatic heterocycles. The zero-order chi connectivity index (χ0) is 13.1. The molecule has 5 nitrogen and oxygen atoms in total. The highest BCUT2D eigenvalue weighted by Crippen LogP contribution is 2.10. The molecular formula is C14H14N4O. The second kappa shape index (κ2) is 5.06. The maximum absolute atomic E-state index is 5.40. The van der Waals surface area contributed by atoms with Crippen LogP contribution in [0.4, 0.5) is 11.6 Å². The molecule has 96 valence electrons. The number of hydrogen-bond donors (Lipinski definition) is 1. The Morgan fingerprint density at radius 1 is 1.21 bits per heavy atom. The number of nitrogens with zero attached hydrogens (tertiary/aromatic N) is 3. The molecule has 0 fully saturated rings. The molecule has 3 rings (SSSR count). The number of anilines is 2. The number of aromatic nitrogens is 3. The molecule has 19 heavy (non-hydrogen) atoms. The molecule has 0 radical (unpaired) electrons. The summed E-state index contributed by atoms with van der Waals surface area (Å²) in [5.74, 6) is 2.35. The summed E-state index contributed by atoms with van der Waals surface area (Å²) in [6.45, 7) is 0. The predicted octanol–water partition coefficient (Wildman–Crippen LogP) is 0.944. The molecule has 0 spiro atoms. The Balaban J connectivity index is 2.02. The first-order valence-corrected chi connectivity index (χ1v) is 6.14. The van der Waals surface area contributed by atoms with Crippen LogP contribution in [0.5, 0.6) is 0 Å². The third kappa shape index (κ3) is 2.40. The van der Waals surface area contributed by atoms with Crippen LogP contribution in [0.2, 0.25) is 0 Å². The Kier molecular flexibility index (Phi) is 3.10. The van der Waals surface area contributed by atoms with E-state index in [0.717, 1.165) is 35.0 Å². The van der Waals surface area contributed by atoms with Gasteiger partial charge in [0.15, 0.2) is 0 Å². The minimum atomic E-state index is 0.675. The Hall–Kier alpha value is -2.43. The molecule has 2 aromatic rings. The highest BCUT2D eigenvalue weighted by molar-refractivity contribution is 5.52. The smallest absolute Gasteiger partial charge is 0.150 e. The van der Waals surface area contributed by atoms with Crippen molar-refractivity contribution in [3.05, 3.63) is 41.3 Å². The van der Waals surface area contributed by atoms with Gasteiger partial charge < -0.3 is 10.1 Å². The molecule has 0 saturated carbocycles. The lowest BCUT2D eigenvalue weighted by molar-refractivity contribution is 0.347. The van der Waals surface area contributed by atoms with Crippen molar-refractivity contribution in [1.82, 2.24) is 15.0 Å². The van der Waals surface area contributed by atoms with Gasteiger partial charge in [0.2, 0.25) is 0 Å². The second-order valence-corrected chi connectivity index (χ2v) is 4.22. The highest BCUT2D eigenvalue weighted by atomic mass is 16.5. The van der Waals surface area contributed by atoms with E-state index in [2.05, 4.69) is 26.3 Å². The molecule has 0 aromatic carbocycles. The van der Waals surface area contributed by atoms with E-state index < -0.39 is 0 Å². The van der Waals surface area contributed by atoms with Gasteiger partial charge in [-0.15, -0.1) is 0 Å². The van der Waals surface area contributed by atoms with Crippen molar-refractivity contribution in [2.75, 3.05) is 12.4 Å². The number of methoxy groups -OCH3 is 1. The van der Waals surface area contributed by atoms with Gasteiger partial charge in [-0.05, 0) is 23.8 Å². The van der Waals surface area contributed by atoms with Crippen LogP contribution >= 0.6 is 0 Å². The van der Waals surface area contributed by atoms with Crippen LogP contribution < -0.4 is 15.9 Å². The number of pyridine rings is 1. The molecule has 5 heteroatoms. The van der Waals surface area contributed by atoms with Crippen LogP contribution in [-0.4, -0.2) is 22.1 Å². The van der Waals surface area contributed by atoms with E-state index in [4.69, 9.17) is 4.74 Å². The molecule has 0 bridgehead atoms. The lowest BCUT2D eigenvalue weighted by Crippen LogP contribution is -2.33. The van der Waals surface area contributed by atoms with Crippen molar-refractivity contribution in [1.29, 1.82) is 0 Å². The summed E-state index contributed by atoms with van der Waals surface area (Å²) < 4.78 is 5.40. The average Bonchev–Trinajstić information content (AvgIpc) is 2.47. The van der Waals surface area contributed by atoms with Crippen LogP contribution in [0.25, 0.3) is 11.8 Å². The fourth-order valence-corrected chi connectivity index (χ4v) is 2.10. The summed E-state index contributed by atoms with van der Waals surface area (Å²) in [6, 6.07) is 3.97. The van der Waals surface area contributed by atoms with E-state index in [1.807, 2.05) is 12.1 Å². The first kappa shape index (κ1) is 11.6. The molecule has 0 atom stereocenters. The van der Waals surface area contributed by atoms with Gasteiger partial charge in [0.05, 0.1) is 13.3 Å². The number of fused-ring (bicyclic) bond motifs is 1. The van der Waals surface area contributed by atoms with Crippen molar-refractivity contribution >= 4 is 23.5 Å². The summed E-state index contributed by atoms with van der Waals surface area (Å²) in [4.78, 5) is 12.8. The van der Waals surface area contributed by atoms with Crippen molar-refractivity contribution < 1.29 is 4.74 Å². The van der Waals surface area contributed by atoms with Crippen LogP contribution in [0, 0.1) is 0 Å². The van der Waals surface area contributed by atoms with Gasteiger partial charge in [0.25, 0.3) is 0 Å². The Bertz CT molecular complexity index is 697. The Morgan fingerprint density at radius 3 is 2.95 bits per heavy atom. The fraction of sp³-hybridized carbons (Fsp3) is 0.214. The summed E-state index contributed by atoms with van der Waals surface area (Å²) in [5.41, 5.74) is 0. The lowest BCUT2D eigenvalue weighted by Gasteiger charge is -2.10.